The molecule has 0 aliphatic heterocycles. The Hall–Kier alpha value is -2.48. The molecule has 18 heavy (non-hydrogen) atoms. The van der Waals surface area contributed by atoms with Crippen LogP contribution in [-0.4, -0.2) is 7.11 Å². The summed E-state index contributed by atoms with van der Waals surface area (Å²) in [6, 6.07) is 9.55. The zero-order valence-corrected chi connectivity index (χ0v) is 9.74. The van der Waals surface area contributed by atoms with E-state index in [2.05, 4.69) is 5.32 Å². The lowest BCUT2D eigenvalue weighted by Gasteiger charge is -2.07. The number of nitriles is 1. The lowest BCUT2D eigenvalue weighted by molar-refractivity contribution is 0.414. The van der Waals surface area contributed by atoms with Crippen molar-refractivity contribution in [1.29, 1.82) is 5.26 Å². The van der Waals surface area contributed by atoms with Gasteiger partial charge in [-0.15, -0.1) is 0 Å². The smallest absolute Gasteiger partial charge is 0.203 e. The highest BCUT2D eigenvalue weighted by atomic mass is 19.1. The normalized spacial score (nSPS) is 9.83. The molecular formula is C13H11FN2O2. The quantitative estimate of drug-likeness (QED) is 0.901. The summed E-state index contributed by atoms with van der Waals surface area (Å²) in [5.74, 6) is 0.991. The molecule has 2 rings (SSSR count). The average molecular weight is 246 g/mol. The molecule has 5 heteroatoms. The first kappa shape index (κ1) is 12.0. The maximum absolute atomic E-state index is 13.5. The number of ether oxygens (including phenoxy) is 1. The van der Waals surface area contributed by atoms with E-state index >= 15 is 0 Å². The first-order chi connectivity index (χ1) is 8.72. The number of hydrogen-bond acceptors (Lipinski definition) is 4. The summed E-state index contributed by atoms with van der Waals surface area (Å²) < 4.78 is 23.7. The molecule has 0 fully saturated rings. The van der Waals surface area contributed by atoms with E-state index in [1.807, 2.05) is 6.07 Å². The van der Waals surface area contributed by atoms with Gasteiger partial charge >= 0.3 is 0 Å². The van der Waals surface area contributed by atoms with Gasteiger partial charge in [0.2, 0.25) is 5.76 Å². The predicted octanol–water partition coefficient (Wildman–Crippen LogP) is 2.91. The Balaban J connectivity index is 2.08. The summed E-state index contributed by atoms with van der Waals surface area (Å²) in [6.07, 6.45) is 0. The standard InChI is InChI=1S/C13H11FN2O2/c1-17-9-4-5-12(14)13(6-9)16-8-11-3-2-10(7-15)18-11/h2-6,16H,8H2,1H3. The van der Waals surface area contributed by atoms with Gasteiger partial charge in [0.1, 0.15) is 23.4 Å². The van der Waals surface area contributed by atoms with Crippen LogP contribution in [0.3, 0.4) is 0 Å². The van der Waals surface area contributed by atoms with Crippen molar-refractivity contribution in [2.75, 3.05) is 12.4 Å². The zero-order chi connectivity index (χ0) is 13.0. The van der Waals surface area contributed by atoms with Crippen LogP contribution in [0.1, 0.15) is 11.5 Å². The van der Waals surface area contributed by atoms with Crippen LogP contribution in [-0.2, 0) is 6.54 Å². The van der Waals surface area contributed by atoms with Crippen LogP contribution in [0.15, 0.2) is 34.7 Å². The Morgan fingerprint density at radius 2 is 2.22 bits per heavy atom. The summed E-state index contributed by atoms with van der Waals surface area (Å²) in [7, 11) is 1.52. The van der Waals surface area contributed by atoms with Gasteiger partial charge in [0, 0.05) is 6.07 Å². The molecule has 0 atom stereocenters. The van der Waals surface area contributed by atoms with E-state index in [-0.39, 0.29) is 11.6 Å². The van der Waals surface area contributed by atoms with Crippen molar-refractivity contribution in [2.45, 2.75) is 6.54 Å². The van der Waals surface area contributed by atoms with Gasteiger partial charge in [0.15, 0.2) is 0 Å². The van der Waals surface area contributed by atoms with Crippen LogP contribution in [0.5, 0.6) is 5.75 Å². The van der Waals surface area contributed by atoms with Gasteiger partial charge in [-0.05, 0) is 24.3 Å². The minimum absolute atomic E-state index is 0.234. The Kier molecular flexibility index (Phi) is 3.49. The Morgan fingerprint density at radius 3 is 2.89 bits per heavy atom. The molecule has 1 aromatic heterocycles. The Labute approximate surface area is 104 Å². The van der Waals surface area contributed by atoms with Crippen LogP contribution in [0.25, 0.3) is 0 Å². The van der Waals surface area contributed by atoms with Gasteiger partial charge in [0.05, 0.1) is 19.3 Å². The molecule has 2 aromatic rings. The minimum atomic E-state index is -0.372. The van der Waals surface area contributed by atoms with E-state index in [9.17, 15) is 4.39 Å². The Bertz CT molecular complexity index is 587. The fourth-order valence-corrected chi connectivity index (χ4v) is 1.48. The van der Waals surface area contributed by atoms with Crippen molar-refractivity contribution in [3.63, 3.8) is 0 Å². The number of nitrogens with zero attached hydrogens (tertiary/aromatic N) is 1. The average Bonchev–Trinajstić information content (AvgIpc) is 2.86. The highest BCUT2D eigenvalue weighted by molar-refractivity contribution is 5.49. The second-order valence-corrected chi connectivity index (χ2v) is 3.58. The van der Waals surface area contributed by atoms with Crippen molar-refractivity contribution < 1.29 is 13.5 Å². The Morgan fingerprint density at radius 1 is 1.39 bits per heavy atom. The number of furan rings is 1. The second kappa shape index (κ2) is 5.23. The van der Waals surface area contributed by atoms with Crippen LogP contribution < -0.4 is 10.1 Å². The molecule has 0 unspecified atom stereocenters. The molecule has 0 bridgehead atoms. The second-order valence-electron chi connectivity index (χ2n) is 3.58. The topological polar surface area (TPSA) is 58.2 Å². The molecule has 0 aliphatic rings. The molecule has 0 spiro atoms. The van der Waals surface area contributed by atoms with E-state index in [4.69, 9.17) is 14.4 Å². The third kappa shape index (κ3) is 2.61. The van der Waals surface area contributed by atoms with Gasteiger partial charge < -0.3 is 14.5 Å². The van der Waals surface area contributed by atoms with Crippen molar-refractivity contribution in [1.82, 2.24) is 0 Å². The maximum atomic E-state index is 13.5. The summed E-state index contributed by atoms with van der Waals surface area (Å²) in [5, 5.41) is 11.5. The molecule has 0 amide bonds. The van der Waals surface area contributed by atoms with Crippen molar-refractivity contribution in [3.05, 3.63) is 47.7 Å². The van der Waals surface area contributed by atoms with Crippen molar-refractivity contribution in [2.24, 2.45) is 0 Å². The predicted molar refractivity (Wildman–Crippen MR) is 63.7 cm³/mol. The van der Waals surface area contributed by atoms with Gasteiger partial charge in [-0.3, -0.25) is 0 Å². The summed E-state index contributed by atoms with van der Waals surface area (Å²) in [4.78, 5) is 0. The number of rotatable bonds is 4. The fourth-order valence-electron chi connectivity index (χ4n) is 1.48. The monoisotopic (exact) mass is 246 g/mol. The number of anilines is 1. The number of methoxy groups -OCH3 is 1. The third-order valence-corrected chi connectivity index (χ3v) is 2.40. The van der Waals surface area contributed by atoms with Crippen molar-refractivity contribution in [3.8, 4) is 11.8 Å². The zero-order valence-electron chi connectivity index (χ0n) is 9.74. The van der Waals surface area contributed by atoms with E-state index in [0.717, 1.165) is 0 Å². The van der Waals surface area contributed by atoms with Crippen LogP contribution in [0.4, 0.5) is 10.1 Å². The fraction of sp³-hybridized carbons (Fsp3) is 0.154. The summed E-state index contributed by atoms with van der Waals surface area (Å²) in [6.45, 7) is 0.297. The van der Waals surface area contributed by atoms with Crippen molar-refractivity contribution >= 4 is 5.69 Å². The molecule has 1 aromatic carbocycles. The highest BCUT2D eigenvalue weighted by Gasteiger charge is 2.05. The lowest BCUT2D eigenvalue weighted by atomic mass is 10.3. The highest BCUT2D eigenvalue weighted by Crippen LogP contribution is 2.21. The number of halogens is 1. The van der Waals surface area contributed by atoms with Crippen LogP contribution in [0.2, 0.25) is 0 Å². The van der Waals surface area contributed by atoms with E-state index < -0.39 is 0 Å². The molecule has 0 saturated heterocycles. The molecule has 0 saturated carbocycles. The molecule has 4 nitrogen and oxygen atoms in total. The SMILES string of the molecule is COc1ccc(F)c(NCc2ccc(C#N)o2)c1. The van der Waals surface area contributed by atoms with Crippen LogP contribution in [0, 0.1) is 17.1 Å². The third-order valence-electron chi connectivity index (χ3n) is 2.40. The van der Waals surface area contributed by atoms with Gasteiger partial charge in [-0.1, -0.05) is 0 Å². The van der Waals surface area contributed by atoms with E-state index in [0.29, 0.717) is 23.7 Å². The summed E-state index contributed by atoms with van der Waals surface area (Å²) >= 11 is 0. The first-order valence-corrected chi connectivity index (χ1v) is 5.29. The van der Waals surface area contributed by atoms with Gasteiger partial charge in [-0.2, -0.15) is 5.26 Å². The maximum Gasteiger partial charge on any atom is 0.203 e. The van der Waals surface area contributed by atoms with Gasteiger partial charge in [0.25, 0.3) is 0 Å². The van der Waals surface area contributed by atoms with E-state index in [1.54, 1.807) is 24.3 Å². The molecule has 1 N–H and O–H groups in total. The lowest BCUT2D eigenvalue weighted by Crippen LogP contribution is -2.00. The number of benzene rings is 1. The van der Waals surface area contributed by atoms with Crippen LogP contribution >= 0.6 is 0 Å². The summed E-state index contributed by atoms with van der Waals surface area (Å²) in [5.41, 5.74) is 0.323. The minimum Gasteiger partial charge on any atom is -0.497 e. The van der Waals surface area contributed by atoms with E-state index in [1.165, 1.54) is 13.2 Å². The molecular weight excluding hydrogens is 235 g/mol. The molecule has 0 aliphatic carbocycles. The number of hydrogen-bond donors (Lipinski definition) is 1. The van der Waals surface area contributed by atoms with Gasteiger partial charge in [-0.25, -0.2) is 4.39 Å². The first-order valence-electron chi connectivity index (χ1n) is 5.29. The largest absolute Gasteiger partial charge is 0.497 e. The molecule has 92 valence electrons. The molecule has 1 heterocycles. The number of nitrogens with one attached hydrogen (secondary N) is 1. The molecule has 0 radical (unpaired) electrons.